The fourth-order valence-corrected chi connectivity index (χ4v) is 3.94. The van der Waals surface area contributed by atoms with Gasteiger partial charge >= 0.3 is 0 Å². The van der Waals surface area contributed by atoms with Gasteiger partial charge in [-0.3, -0.25) is 0 Å². The smallest absolute Gasteiger partial charge is 0.0992 e. The minimum Gasteiger partial charge on any atom is -0.389 e. The van der Waals surface area contributed by atoms with Gasteiger partial charge in [0.25, 0.3) is 0 Å². The second kappa shape index (κ2) is 5.85. The van der Waals surface area contributed by atoms with Crippen molar-refractivity contribution in [3.8, 4) is 6.07 Å². The molecular formula is C15H20N2OS. The highest BCUT2D eigenvalue weighted by Crippen LogP contribution is 2.33. The van der Waals surface area contributed by atoms with Gasteiger partial charge in [0.15, 0.2) is 0 Å². The first kappa shape index (κ1) is 14.2. The van der Waals surface area contributed by atoms with Gasteiger partial charge in [-0.1, -0.05) is 19.9 Å². The Morgan fingerprint density at radius 3 is 2.53 bits per heavy atom. The van der Waals surface area contributed by atoms with Gasteiger partial charge in [0, 0.05) is 34.8 Å². The van der Waals surface area contributed by atoms with Crippen LogP contribution in [0.5, 0.6) is 0 Å². The van der Waals surface area contributed by atoms with Crippen LogP contribution in [0.15, 0.2) is 18.2 Å². The predicted octanol–water partition coefficient (Wildman–Crippen LogP) is 2.94. The monoisotopic (exact) mass is 276 g/mol. The number of aliphatic hydroxyl groups excluding tert-OH is 1. The van der Waals surface area contributed by atoms with Crippen LogP contribution in [0.3, 0.4) is 0 Å². The summed E-state index contributed by atoms with van der Waals surface area (Å²) in [5, 5.41) is 20.1. The van der Waals surface area contributed by atoms with Gasteiger partial charge in [-0.2, -0.15) is 17.0 Å². The standard InChI is InChI=1S/C15H20N2OS/c1-10-8-17(9-11(2)19-10)15-6-13(7-16)4-5-14(15)12(3)18/h4-6,10-12,18H,8-9H2,1-3H3/t10?,11?,12-/m1/s1. The van der Waals surface area contributed by atoms with Gasteiger partial charge in [-0.15, -0.1) is 0 Å². The van der Waals surface area contributed by atoms with Gasteiger partial charge < -0.3 is 10.0 Å². The number of hydrogen-bond donors (Lipinski definition) is 1. The fraction of sp³-hybridized carbons (Fsp3) is 0.533. The third kappa shape index (κ3) is 3.23. The minimum absolute atomic E-state index is 0.511. The molecule has 0 radical (unpaired) electrons. The topological polar surface area (TPSA) is 47.3 Å². The van der Waals surface area contributed by atoms with E-state index in [1.165, 1.54) is 0 Å². The molecule has 3 nitrogen and oxygen atoms in total. The molecule has 19 heavy (non-hydrogen) atoms. The molecule has 2 rings (SSSR count). The second-order valence-corrected chi connectivity index (χ2v) is 7.11. The van der Waals surface area contributed by atoms with Gasteiger partial charge in [0.2, 0.25) is 0 Å². The van der Waals surface area contributed by atoms with Crippen molar-refractivity contribution in [3.63, 3.8) is 0 Å². The molecule has 1 aromatic carbocycles. The van der Waals surface area contributed by atoms with Crippen LogP contribution in [-0.4, -0.2) is 28.7 Å². The summed E-state index contributed by atoms with van der Waals surface area (Å²) >= 11 is 1.99. The Kier molecular flexibility index (Phi) is 4.38. The first-order valence-electron chi connectivity index (χ1n) is 6.63. The van der Waals surface area contributed by atoms with E-state index in [0.29, 0.717) is 16.1 Å². The van der Waals surface area contributed by atoms with Crippen molar-refractivity contribution in [2.24, 2.45) is 0 Å². The lowest BCUT2D eigenvalue weighted by Crippen LogP contribution is -2.41. The summed E-state index contributed by atoms with van der Waals surface area (Å²) in [6.07, 6.45) is -0.511. The molecule has 1 saturated heterocycles. The van der Waals surface area contributed by atoms with E-state index in [4.69, 9.17) is 5.26 Å². The molecule has 1 aliphatic rings. The Morgan fingerprint density at radius 1 is 1.37 bits per heavy atom. The summed E-state index contributed by atoms with van der Waals surface area (Å²) in [5.74, 6) is 0. The number of benzene rings is 1. The van der Waals surface area contributed by atoms with Crippen LogP contribution in [-0.2, 0) is 0 Å². The zero-order valence-electron chi connectivity index (χ0n) is 11.6. The van der Waals surface area contributed by atoms with Crippen molar-refractivity contribution in [1.82, 2.24) is 0 Å². The van der Waals surface area contributed by atoms with Crippen molar-refractivity contribution in [3.05, 3.63) is 29.3 Å². The van der Waals surface area contributed by atoms with E-state index >= 15 is 0 Å². The number of thioether (sulfide) groups is 1. The molecule has 102 valence electrons. The van der Waals surface area contributed by atoms with Crippen LogP contribution in [0.1, 0.15) is 38.0 Å². The van der Waals surface area contributed by atoms with E-state index in [1.54, 1.807) is 13.0 Å². The highest BCUT2D eigenvalue weighted by atomic mass is 32.2. The van der Waals surface area contributed by atoms with Crippen LogP contribution < -0.4 is 4.90 Å². The molecule has 0 aliphatic carbocycles. The van der Waals surface area contributed by atoms with Crippen LogP contribution in [0.2, 0.25) is 0 Å². The molecule has 0 aromatic heterocycles. The molecule has 1 N–H and O–H groups in total. The summed E-state index contributed by atoms with van der Waals surface area (Å²) in [6, 6.07) is 7.73. The maximum atomic E-state index is 9.92. The molecule has 0 bridgehead atoms. The van der Waals surface area contributed by atoms with Gasteiger partial charge in [-0.05, 0) is 19.1 Å². The van der Waals surface area contributed by atoms with Gasteiger partial charge in [-0.25, -0.2) is 0 Å². The molecule has 3 atom stereocenters. The van der Waals surface area contributed by atoms with Crippen LogP contribution in [0, 0.1) is 11.3 Å². The molecule has 0 amide bonds. The Labute approximate surface area is 119 Å². The van der Waals surface area contributed by atoms with Crippen LogP contribution in [0.4, 0.5) is 5.69 Å². The molecule has 2 unspecified atom stereocenters. The Bertz CT molecular complexity index is 485. The molecule has 1 fully saturated rings. The van der Waals surface area contributed by atoms with Crippen molar-refractivity contribution in [2.75, 3.05) is 18.0 Å². The normalized spacial score (nSPS) is 24.9. The van der Waals surface area contributed by atoms with E-state index in [1.807, 2.05) is 23.9 Å². The van der Waals surface area contributed by atoms with Crippen molar-refractivity contribution in [1.29, 1.82) is 5.26 Å². The molecule has 1 aromatic rings. The zero-order chi connectivity index (χ0) is 14.0. The first-order chi connectivity index (χ1) is 9.01. The van der Waals surface area contributed by atoms with Gasteiger partial charge in [0.1, 0.15) is 0 Å². The lowest BCUT2D eigenvalue weighted by Gasteiger charge is -2.37. The zero-order valence-corrected chi connectivity index (χ0v) is 12.4. The van der Waals surface area contributed by atoms with Crippen molar-refractivity contribution in [2.45, 2.75) is 37.4 Å². The molecule has 1 heterocycles. The molecule has 0 spiro atoms. The average Bonchev–Trinajstić information content (AvgIpc) is 2.36. The van der Waals surface area contributed by atoms with E-state index in [9.17, 15) is 5.11 Å². The van der Waals surface area contributed by atoms with E-state index < -0.39 is 6.10 Å². The lowest BCUT2D eigenvalue weighted by atomic mass is 10.0. The van der Waals surface area contributed by atoms with E-state index in [2.05, 4.69) is 24.8 Å². The van der Waals surface area contributed by atoms with Crippen LogP contribution >= 0.6 is 11.8 Å². The third-order valence-electron chi connectivity index (χ3n) is 3.37. The summed E-state index contributed by atoms with van der Waals surface area (Å²) in [5.41, 5.74) is 2.57. The Hall–Kier alpha value is -1.18. The number of nitriles is 1. The quantitative estimate of drug-likeness (QED) is 0.902. The third-order valence-corrected chi connectivity index (χ3v) is 4.60. The number of anilines is 1. The first-order valence-corrected chi connectivity index (χ1v) is 7.58. The van der Waals surface area contributed by atoms with Crippen LogP contribution in [0.25, 0.3) is 0 Å². The fourth-order valence-electron chi connectivity index (χ4n) is 2.61. The Balaban J connectivity index is 2.38. The molecular weight excluding hydrogens is 256 g/mol. The minimum atomic E-state index is -0.511. The van der Waals surface area contributed by atoms with Gasteiger partial charge in [0.05, 0.1) is 17.7 Å². The molecule has 0 saturated carbocycles. The maximum absolute atomic E-state index is 9.92. The maximum Gasteiger partial charge on any atom is 0.0992 e. The van der Waals surface area contributed by atoms with E-state index in [-0.39, 0.29) is 0 Å². The van der Waals surface area contributed by atoms with E-state index in [0.717, 1.165) is 24.3 Å². The second-order valence-electron chi connectivity index (χ2n) is 5.22. The number of hydrogen-bond acceptors (Lipinski definition) is 4. The predicted molar refractivity (Wildman–Crippen MR) is 80.5 cm³/mol. The highest BCUT2D eigenvalue weighted by Gasteiger charge is 2.25. The highest BCUT2D eigenvalue weighted by molar-refractivity contribution is 8.00. The van der Waals surface area contributed by atoms with Crippen molar-refractivity contribution >= 4 is 17.4 Å². The number of rotatable bonds is 2. The average molecular weight is 276 g/mol. The summed E-state index contributed by atoms with van der Waals surface area (Å²) in [4.78, 5) is 2.30. The largest absolute Gasteiger partial charge is 0.389 e. The molecule has 4 heteroatoms. The summed E-state index contributed by atoms with van der Waals surface area (Å²) < 4.78 is 0. The lowest BCUT2D eigenvalue weighted by molar-refractivity contribution is 0.199. The van der Waals surface area contributed by atoms with Crippen molar-refractivity contribution < 1.29 is 5.11 Å². The summed E-state index contributed by atoms with van der Waals surface area (Å²) in [7, 11) is 0. The summed E-state index contributed by atoms with van der Waals surface area (Å²) in [6.45, 7) is 8.15. The molecule has 1 aliphatic heterocycles. The number of nitrogens with zero attached hydrogens (tertiary/aromatic N) is 2. The SMILES string of the molecule is CC1CN(c2cc(C#N)ccc2[C@@H](C)O)CC(C)S1. The Morgan fingerprint density at radius 2 is 2.00 bits per heavy atom. The number of aliphatic hydroxyl groups is 1.